The van der Waals surface area contributed by atoms with Gasteiger partial charge in [-0.3, -0.25) is 9.59 Å². The molecule has 1 atom stereocenters. The van der Waals surface area contributed by atoms with E-state index in [1.54, 1.807) is 13.2 Å². The highest BCUT2D eigenvalue weighted by atomic mass is 35.5. The summed E-state index contributed by atoms with van der Waals surface area (Å²) in [5.74, 6) is -0.729. The van der Waals surface area contributed by atoms with Crippen molar-refractivity contribution >= 4 is 40.1 Å². The summed E-state index contributed by atoms with van der Waals surface area (Å²) in [5.41, 5.74) is 4.09. The average Bonchev–Trinajstić information content (AvgIpc) is 3.22. The second-order valence-electron chi connectivity index (χ2n) is 7.70. The zero-order valence-electron chi connectivity index (χ0n) is 17.7. The van der Waals surface area contributed by atoms with Gasteiger partial charge in [0, 0.05) is 29.9 Å². The van der Waals surface area contributed by atoms with Gasteiger partial charge in [-0.25, -0.2) is 9.99 Å². The number of rotatable bonds is 6. The van der Waals surface area contributed by atoms with Crippen LogP contribution in [-0.2, 0) is 9.59 Å². The molecule has 0 bridgehead atoms. The molecule has 8 heteroatoms. The zero-order valence-corrected chi connectivity index (χ0v) is 18.5. The summed E-state index contributed by atoms with van der Waals surface area (Å²) in [7, 11) is 1.58. The molecule has 2 heterocycles. The number of halogens is 1. The van der Waals surface area contributed by atoms with Crippen LogP contribution in [0.25, 0.3) is 10.9 Å². The number of aromatic nitrogens is 1. The molecule has 0 aliphatic carbocycles. The van der Waals surface area contributed by atoms with Crippen molar-refractivity contribution in [2.75, 3.05) is 7.11 Å². The Kier molecular flexibility index (Phi) is 6.10. The molecule has 164 valence electrons. The Bertz CT molecular complexity index is 1240. The van der Waals surface area contributed by atoms with Crippen molar-refractivity contribution in [2.45, 2.75) is 32.2 Å². The number of hydrogen-bond donors (Lipinski definition) is 1. The summed E-state index contributed by atoms with van der Waals surface area (Å²) in [5, 5.41) is 16.1. The lowest BCUT2D eigenvalue weighted by atomic mass is 9.97. The Morgan fingerprint density at radius 2 is 2.00 bits per heavy atom. The summed E-state index contributed by atoms with van der Waals surface area (Å²) in [6, 6.07) is 14.8. The fraction of sp³-hybridized carbons (Fsp3) is 0.250. The van der Waals surface area contributed by atoms with Gasteiger partial charge in [-0.15, -0.1) is 0 Å². The number of aryl methyl sites for hydroxylation is 1. The number of hydrazone groups is 1. The third kappa shape index (κ3) is 4.43. The van der Waals surface area contributed by atoms with Crippen LogP contribution in [0, 0.1) is 6.92 Å². The Morgan fingerprint density at radius 1 is 1.19 bits per heavy atom. The molecule has 0 radical (unpaired) electrons. The molecular formula is C24H22ClN3O4. The molecule has 32 heavy (non-hydrogen) atoms. The number of methoxy groups -OCH3 is 1. The fourth-order valence-electron chi connectivity index (χ4n) is 3.81. The van der Waals surface area contributed by atoms with Gasteiger partial charge in [-0.05, 0) is 30.7 Å². The van der Waals surface area contributed by atoms with Crippen molar-refractivity contribution in [2.24, 2.45) is 5.10 Å². The zero-order chi connectivity index (χ0) is 22.8. The Hall–Kier alpha value is -3.45. The van der Waals surface area contributed by atoms with Crippen LogP contribution in [0.2, 0.25) is 5.15 Å². The van der Waals surface area contributed by atoms with Gasteiger partial charge < -0.3 is 9.84 Å². The van der Waals surface area contributed by atoms with Gasteiger partial charge in [0.1, 0.15) is 10.9 Å². The van der Waals surface area contributed by atoms with Crippen LogP contribution in [-0.4, -0.2) is 39.8 Å². The van der Waals surface area contributed by atoms with E-state index in [4.69, 9.17) is 21.4 Å². The first kappa shape index (κ1) is 21.8. The van der Waals surface area contributed by atoms with Crippen LogP contribution in [0.1, 0.15) is 42.0 Å². The molecule has 1 aromatic heterocycles. The second kappa shape index (κ2) is 8.96. The molecule has 1 aliphatic rings. The smallest absolute Gasteiger partial charge is 0.303 e. The number of carbonyl (C=O) groups is 2. The topological polar surface area (TPSA) is 92.1 Å². The van der Waals surface area contributed by atoms with Crippen LogP contribution in [0.3, 0.4) is 0 Å². The second-order valence-corrected chi connectivity index (χ2v) is 8.05. The third-order valence-electron chi connectivity index (χ3n) is 5.43. The van der Waals surface area contributed by atoms with Crippen LogP contribution in [0.5, 0.6) is 5.75 Å². The largest absolute Gasteiger partial charge is 0.497 e. The first-order chi connectivity index (χ1) is 15.4. The van der Waals surface area contributed by atoms with Crippen molar-refractivity contribution < 1.29 is 19.4 Å². The lowest BCUT2D eigenvalue weighted by Gasteiger charge is -2.23. The molecule has 0 fully saturated rings. The Morgan fingerprint density at radius 3 is 2.72 bits per heavy atom. The number of carbonyl (C=O) groups excluding carboxylic acids is 1. The minimum absolute atomic E-state index is 0.147. The number of amides is 1. The van der Waals surface area contributed by atoms with Gasteiger partial charge in [0.2, 0.25) is 5.91 Å². The standard InChI is InChI=1S/C24H22ClN3O4/c1-14-4-3-5-15(10-14)20-13-21(28(27-20)22(29)8-9-23(30)31)18-11-16-6-7-17(32-2)12-19(16)26-24(18)25/h3-7,10-12,21H,8-9,13H2,1-2H3,(H,30,31)/t21-/m1/s1. The van der Waals surface area contributed by atoms with Crippen molar-refractivity contribution in [1.82, 2.24) is 9.99 Å². The van der Waals surface area contributed by atoms with E-state index in [2.05, 4.69) is 10.1 Å². The van der Waals surface area contributed by atoms with Gasteiger partial charge >= 0.3 is 5.97 Å². The highest BCUT2D eigenvalue weighted by Crippen LogP contribution is 2.38. The van der Waals surface area contributed by atoms with Gasteiger partial charge in [0.25, 0.3) is 0 Å². The summed E-state index contributed by atoms with van der Waals surface area (Å²) in [6.45, 7) is 1.99. The molecule has 0 saturated carbocycles. The molecule has 7 nitrogen and oxygen atoms in total. The number of carboxylic acid groups (broad SMARTS) is 1. The van der Waals surface area contributed by atoms with E-state index in [9.17, 15) is 9.59 Å². The van der Waals surface area contributed by atoms with Gasteiger partial charge in [0.05, 0.1) is 30.8 Å². The molecule has 0 spiro atoms. The number of carboxylic acids is 1. The number of benzene rings is 2. The maximum Gasteiger partial charge on any atom is 0.303 e. The monoisotopic (exact) mass is 451 g/mol. The number of pyridine rings is 1. The highest BCUT2D eigenvalue weighted by molar-refractivity contribution is 6.30. The molecular weight excluding hydrogens is 430 g/mol. The molecule has 2 aromatic carbocycles. The van der Waals surface area contributed by atoms with Crippen molar-refractivity contribution in [1.29, 1.82) is 0 Å². The SMILES string of the molecule is COc1ccc2cc([C@H]3CC(c4cccc(C)c4)=NN3C(=O)CCC(=O)O)c(Cl)nc2c1. The summed E-state index contributed by atoms with van der Waals surface area (Å²) in [6.07, 6.45) is 0.0401. The summed E-state index contributed by atoms with van der Waals surface area (Å²) >= 11 is 6.56. The first-order valence-electron chi connectivity index (χ1n) is 10.2. The Balaban J connectivity index is 1.74. The number of hydrogen-bond acceptors (Lipinski definition) is 5. The molecule has 1 amide bonds. The van der Waals surface area contributed by atoms with Crippen molar-refractivity contribution in [3.8, 4) is 5.75 Å². The number of nitrogens with zero attached hydrogens (tertiary/aromatic N) is 3. The normalized spacial score (nSPS) is 15.7. The minimum atomic E-state index is -1.03. The predicted molar refractivity (Wildman–Crippen MR) is 122 cm³/mol. The maximum atomic E-state index is 12.9. The third-order valence-corrected chi connectivity index (χ3v) is 5.74. The first-order valence-corrected chi connectivity index (χ1v) is 10.6. The van der Waals surface area contributed by atoms with Crippen molar-refractivity contribution in [3.63, 3.8) is 0 Å². The van der Waals surface area contributed by atoms with E-state index in [0.717, 1.165) is 22.2 Å². The van der Waals surface area contributed by atoms with E-state index in [1.807, 2.05) is 49.4 Å². The van der Waals surface area contributed by atoms with Crippen LogP contribution in [0.4, 0.5) is 0 Å². The van der Waals surface area contributed by atoms with Crippen LogP contribution >= 0.6 is 11.6 Å². The molecule has 0 saturated heterocycles. The van der Waals surface area contributed by atoms with Crippen LogP contribution in [0.15, 0.2) is 53.6 Å². The summed E-state index contributed by atoms with van der Waals surface area (Å²) in [4.78, 5) is 28.4. The van der Waals surface area contributed by atoms with Crippen LogP contribution < -0.4 is 4.74 Å². The van der Waals surface area contributed by atoms with Gasteiger partial charge in [-0.2, -0.15) is 5.10 Å². The fourth-order valence-corrected chi connectivity index (χ4v) is 4.08. The maximum absolute atomic E-state index is 12.9. The Labute approximate surface area is 190 Å². The van der Waals surface area contributed by atoms with Gasteiger partial charge in [0.15, 0.2) is 0 Å². The average molecular weight is 452 g/mol. The quantitative estimate of drug-likeness (QED) is 0.546. The molecule has 1 N–H and O–H groups in total. The predicted octanol–water partition coefficient (Wildman–Crippen LogP) is 4.75. The van der Waals surface area contributed by atoms with E-state index < -0.39 is 12.0 Å². The molecule has 4 rings (SSSR count). The van der Waals surface area contributed by atoms with E-state index in [-0.39, 0.29) is 23.9 Å². The highest BCUT2D eigenvalue weighted by Gasteiger charge is 2.35. The van der Waals surface area contributed by atoms with Crippen molar-refractivity contribution in [3.05, 3.63) is 70.4 Å². The molecule has 0 unspecified atom stereocenters. The number of fused-ring (bicyclic) bond motifs is 1. The molecule has 1 aliphatic heterocycles. The van der Waals surface area contributed by atoms with E-state index >= 15 is 0 Å². The molecule has 3 aromatic rings. The minimum Gasteiger partial charge on any atom is -0.497 e. The number of aliphatic carboxylic acids is 1. The van der Waals surface area contributed by atoms with E-state index in [0.29, 0.717) is 23.3 Å². The summed E-state index contributed by atoms with van der Waals surface area (Å²) < 4.78 is 5.26. The van der Waals surface area contributed by atoms with E-state index in [1.165, 1.54) is 5.01 Å². The number of ether oxygens (including phenoxy) is 1. The van der Waals surface area contributed by atoms with Gasteiger partial charge in [-0.1, -0.05) is 41.4 Å². The lowest BCUT2D eigenvalue weighted by molar-refractivity contribution is -0.141. The lowest BCUT2D eigenvalue weighted by Crippen LogP contribution is -2.27.